The molecule has 0 radical (unpaired) electrons. The van der Waals surface area contributed by atoms with Gasteiger partial charge in [-0.1, -0.05) is 42.5 Å². The first-order valence-electron chi connectivity index (χ1n) is 8.46. The van der Waals surface area contributed by atoms with Crippen molar-refractivity contribution in [3.8, 4) is 11.3 Å². The van der Waals surface area contributed by atoms with Crippen LogP contribution in [-0.4, -0.2) is 14.4 Å². The van der Waals surface area contributed by atoms with E-state index in [9.17, 15) is 0 Å². The van der Waals surface area contributed by atoms with Crippen LogP contribution >= 0.6 is 0 Å². The van der Waals surface area contributed by atoms with Crippen molar-refractivity contribution in [2.24, 2.45) is 0 Å². The number of fused-ring (bicyclic) bond motifs is 5. The Balaban J connectivity index is 2.07. The van der Waals surface area contributed by atoms with Gasteiger partial charge in [-0.15, -0.1) is 0 Å². The Kier molecular flexibility index (Phi) is 2.92. The van der Waals surface area contributed by atoms with Crippen LogP contribution in [0.25, 0.3) is 38.8 Å². The smallest absolute Gasteiger partial charge is 0.137 e. The van der Waals surface area contributed by atoms with Crippen LogP contribution in [0.3, 0.4) is 0 Å². The number of nitrogens with zero attached hydrogens (tertiary/aromatic N) is 3. The summed E-state index contributed by atoms with van der Waals surface area (Å²) in [5, 5.41) is 1.09. The quantitative estimate of drug-likeness (QED) is 0.418. The monoisotopic (exact) mass is 323 g/mol. The van der Waals surface area contributed by atoms with Gasteiger partial charge in [-0.25, -0.2) is 9.97 Å². The highest BCUT2D eigenvalue weighted by atomic mass is 15.0. The van der Waals surface area contributed by atoms with Crippen molar-refractivity contribution in [2.75, 3.05) is 0 Å². The van der Waals surface area contributed by atoms with Crippen LogP contribution in [0.15, 0.2) is 66.9 Å². The molecule has 25 heavy (non-hydrogen) atoms. The van der Waals surface area contributed by atoms with Gasteiger partial charge in [0.05, 0.1) is 16.7 Å². The summed E-state index contributed by atoms with van der Waals surface area (Å²) in [6.07, 6.45) is 2.07. The summed E-state index contributed by atoms with van der Waals surface area (Å²) < 4.78 is 2.15. The van der Waals surface area contributed by atoms with E-state index in [1.807, 2.05) is 30.3 Å². The van der Waals surface area contributed by atoms with E-state index >= 15 is 0 Å². The molecule has 3 heterocycles. The van der Waals surface area contributed by atoms with Crippen molar-refractivity contribution < 1.29 is 0 Å². The molecule has 5 aromatic rings. The highest BCUT2D eigenvalue weighted by Crippen LogP contribution is 2.35. The summed E-state index contributed by atoms with van der Waals surface area (Å²) in [5.74, 6) is 0. The van der Waals surface area contributed by atoms with Gasteiger partial charge in [0.25, 0.3) is 0 Å². The molecule has 0 atom stereocenters. The first kappa shape index (κ1) is 14.2. The molecule has 0 unspecified atom stereocenters. The van der Waals surface area contributed by atoms with E-state index in [2.05, 4.69) is 54.8 Å². The number of hydrogen-bond acceptors (Lipinski definition) is 2. The molecule has 0 aliphatic carbocycles. The summed E-state index contributed by atoms with van der Waals surface area (Å²) in [6, 6.07) is 20.7. The number of rotatable bonds is 1. The Hall–Kier alpha value is -3.20. The zero-order valence-electron chi connectivity index (χ0n) is 14.2. The summed E-state index contributed by atoms with van der Waals surface area (Å²) in [7, 11) is 0. The number of pyridine rings is 2. The molecule has 5 rings (SSSR count). The van der Waals surface area contributed by atoms with Crippen LogP contribution < -0.4 is 0 Å². The van der Waals surface area contributed by atoms with Crippen LogP contribution in [-0.2, 0) is 0 Å². The van der Waals surface area contributed by atoms with Crippen molar-refractivity contribution in [1.82, 2.24) is 14.4 Å². The lowest BCUT2D eigenvalue weighted by Crippen LogP contribution is -1.95. The Morgan fingerprint density at radius 3 is 2.36 bits per heavy atom. The number of aryl methyl sites for hydroxylation is 2. The lowest BCUT2D eigenvalue weighted by Gasteiger charge is -2.12. The second-order valence-corrected chi connectivity index (χ2v) is 6.48. The standard InChI is InChI=1S/C22H17N3/c1-14-8-7-9-15(2)19(14)21-22-20(16-10-3-4-11-17(16)23-21)24-18-12-5-6-13-25(18)22/h3-13H,1-2H3. The molecule has 3 heteroatoms. The minimum atomic E-state index is 0.947. The molecule has 0 N–H and O–H groups in total. The Morgan fingerprint density at radius 1 is 0.760 bits per heavy atom. The van der Waals surface area contributed by atoms with Gasteiger partial charge in [0, 0.05) is 17.1 Å². The van der Waals surface area contributed by atoms with Gasteiger partial charge >= 0.3 is 0 Å². The molecule has 0 saturated heterocycles. The molecular formula is C22H17N3. The SMILES string of the molecule is Cc1cccc(C)c1-c1nc2ccccc2c2nc3ccccn3c12. The van der Waals surface area contributed by atoms with Crippen molar-refractivity contribution in [3.05, 3.63) is 78.0 Å². The van der Waals surface area contributed by atoms with Gasteiger partial charge in [-0.3, -0.25) is 4.40 Å². The maximum absolute atomic E-state index is 5.06. The minimum absolute atomic E-state index is 0.947. The molecule has 0 aliphatic heterocycles. The largest absolute Gasteiger partial charge is 0.298 e. The van der Waals surface area contributed by atoms with Crippen LogP contribution in [0.4, 0.5) is 0 Å². The molecule has 0 fully saturated rings. The predicted octanol–water partition coefficient (Wildman–Crippen LogP) is 5.32. The number of para-hydroxylation sites is 1. The first-order chi connectivity index (χ1) is 12.2. The lowest BCUT2D eigenvalue weighted by atomic mass is 9.98. The van der Waals surface area contributed by atoms with Gasteiger partial charge in [-0.2, -0.15) is 0 Å². The number of hydrogen-bond donors (Lipinski definition) is 0. The maximum atomic E-state index is 5.06. The highest BCUT2D eigenvalue weighted by Gasteiger charge is 2.18. The van der Waals surface area contributed by atoms with Crippen LogP contribution in [0.2, 0.25) is 0 Å². The fourth-order valence-corrected chi connectivity index (χ4v) is 3.72. The van der Waals surface area contributed by atoms with Gasteiger partial charge in [-0.05, 0) is 43.2 Å². The number of aromatic nitrogens is 3. The number of benzene rings is 2. The van der Waals surface area contributed by atoms with E-state index < -0.39 is 0 Å². The molecule has 120 valence electrons. The summed E-state index contributed by atoms with van der Waals surface area (Å²) >= 11 is 0. The molecule has 3 aromatic heterocycles. The zero-order valence-corrected chi connectivity index (χ0v) is 14.2. The van der Waals surface area contributed by atoms with Crippen molar-refractivity contribution in [3.63, 3.8) is 0 Å². The normalized spacial score (nSPS) is 11.6. The van der Waals surface area contributed by atoms with Gasteiger partial charge < -0.3 is 0 Å². The predicted molar refractivity (Wildman–Crippen MR) is 103 cm³/mol. The molecule has 0 bridgehead atoms. The van der Waals surface area contributed by atoms with Gasteiger partial charge in [0.15, 0.2) is 0 Å². The summed E-state index contributed by atoms with van der Waals surface area (Å²) in [5.41, 5.74) is 8.68. The van der Waals surface area contributed by atoms with E-state index in [4.69, 9.17) is 9.97 Å². The van der Waals surface area contributed by atoms with E-state index in [1.165, 1.54) is 16.7 Å². The Labute approximate surface area is 145 Å². The third-order valence-corrected chi connectivity index (χ3v) is 4.86. The van der Waals surface area contributed by atoms with E-state index in [-0.39, 0.29) is 0 Å². The zero-order chi connectivity index (χ0) is 17.0. The van der Waals surface area contributed by atoms with Crippen molar-refractivity contribution >= 4 is 27.6 Å². The fourth-order valence-electron chi connectivity index (χ4n) is 3.72. The van der Waals surface area contributed by atoms with E-state index in [1.54, 1.807) is 0 Å². The average molecular weight is 323 g/mol. The third-order valence-electron chi connectivity index (χ3n) is 4.86. The summed E-state index contributed by atoms with van der Waals surface area (Å²) in [6.45, 7) is 4.29. The van der Waals surface area contributed by atoms with Crippen molar-refractivity contribution in [1.29, 1.82) is 0 Å². The van der Waals surface area contributed by atoms with E-state index in [0.29, 0.717) is 0 Å². The van der Waals surface area contributed by atoms with Gasteiger partial charge in [0.2, 0.25) is 0 Å². The molecule has 0 amide bonds. The minimum Gasteiger partial charge on any atom is -0.298 e. The summed E-state index contributed by atoms with van der Waals surface area (Å²) in [4.78, 5) is 9.97. The molecule has 3 nitrogen and oxygen atoms in total. The Morgan fingerprint density at radius 2 is 1.52 bits per heavy atom. The second-order valence-electron chi connectivity index (χ2n) is 6.48. The lowest BCUT2D eigenvalue weighted by molar-refractivity contribution is 1.21. The molecule has 0 aliphatic rings. The van der Waals surface area contributed by atoms with Crippen molar-refractivity contribution in [2.45, 2.75) is 13.8 Å². The van der Waals surface area contributed by atoms with Crippen LogP contribution in [0.5, 0.6) is 0 Å². The molecular weight excluding hydrogens is 306 g/mol. The molecule has 0 saturated carbocycles. The highest BCUT2D eigenvalue weighted by molar-refractivity contribution is 6.09. The van der Waals surface area contributed by atoms with Crippen LogP contribution in [0.1, 0.15) is 11.1 Å². The third kappa shape index (κ3) is 1.99. The van der Waals surface area contributed by atoms with E-state index in [0.717, 1.165) is 33.3 Å². The molecule has 0 spiro atoms. The Bertz CT molecular complexity index is 1240. The number of imidazole rings is 1. The average Bonchev–Trinajstić information content (AvgIpc) is 3.01. The topological polar surface area (TPSA) is 30.2 Å². The maximum Gasteiger partial charge on any atom is 0.137 e. The van der Waals surface area contributed by atoms with Crippen LogP contribution in [0, 0.1) is 13.8 Å². The molecule has 2 aromatic carbocycles. The second kappa shape index (κ2) is 5.15. The fraction of sp³-hybridized carbons (Fsp3) is 0.0909. The van der Waals surface area contributed by atoms with Gasteiger partial charge in [0.1, 0.15) is 11.2 Å². The first-order valence-corrected chi connectivity index (χ1v) is 8.46.